The van der Waals surface area contributed by atoms with E-state index < -0.39 is 0 Å². The van der Waals surface area contributed by atoms with Crippen molar-refractivity contribution in [1.82, 2.24) is 19.9 Å². The van der Waals surface area contributed by atoms with E-state index in [0.717, 1.165) is 63.1 Å². The van der Waals surface area contributed by atoms with Gasteiger partial charge in [0.1, 0.15) is 0 Å². The summed E-state index contributed by atoms with van der Waals surface area (Å²) >= 11 is 4.84. The summed E-state index contributed by atoms with van der Waals surface area (Å²) in [7, 11) is 2.01. The normalized spacial score (nSPS) is 14.2. The van der Waals surface area contributed by atoms with Gasteiger partial charge in [-0.05, 0) is 74.6 Å². The Morgan fingerprint density at radius 2 is 1.59 bits per heavy atom. The maximum atomic E-state index is 5.06. The average Bonchev–Trinajstić information content (AvgIpc) is 3.51. The van der Waals surface area contributed by atoms with Gasteiger partial charge in [-0.1, -0.05) is 111 Å². The van der Waals surface area contributed by atoms with Crippen molar-refractivity contribution in [1.29, 1.82) is 0 Å². The third-order valence-corrected chi connectivity index (χ3v) is 6.77. The highest BCUT2D eigenvalue weighted by Gasteiger charge is 2.21. The van der Waals surface area contributed by atoms with Crippen molar-refractivity contribution in [3.05, 3.63) is 65.2 Å². The van der Waals surface area contributed by atoms with Gasteiger partial charge in [0.05, 0.1) is 11.2 Å². The summed E-state index contributed by atoms with van der Waals surface area (Å²) in [5, 5.41) is 7.90. The number of hydrogen-bond donors (Lipinski definition) is 3. The minimum Gasteiger partial charge on any atom is -0.320 e. The maximum Gasteiger partial charge on any atom is 0.0715 e. The molecule has 5 heteroatoms. The van der Waals surface area contributed by atoms with E-state index in [2.05, 4.69) is 98.1 Å². The first-order chi connectivity index (χ1) is 19.0. The number of hydrogen-bond acceptors (Lipinski definition) is 5. The molecule has 1 aliphatic heterocycles. The molecular weight excluding hydrogens is 496 g/mol. The third kappa shape index (κ3) is 12.0. The topological polar surface area (TPSA) is 40.2 Å². The number of benzene rings is 2. The second-order valence-corrected chi connectivity index (χ2v) is 10.4. The Balaban J connectivity index is 0.000000856. The zero-order valence-corrected chi connectivity index (χ0v) is 27.0. The lowest BCUT2D eigenvalue weighted by Crippen LogP contribution is -2.29. The Hall–Kier alpha value is -1.92. The molecule has 1 unspecified atom stereocenters. The lowest BCUT2D eigenvalue weighted by Gasteiger charge is -2.23. The molecule has 1 aromatic heterocycles. The lowest BCUT2D eigenvalue weighted by atomic mass is 10.0. The van der Waals surface area contributed by atoms with Gasteiger partial charge >= 0.3 is 0 Å². The van der Waals surface area contributed by atoms with E-state index in [1.807, 2.05) is 20.9 Å². The predicted octanol–water partition coefficient (Wildman–Crippen LogP) is 8.48. The maximum absolute atomic E-state index is 5.06. The van der Waals surface area contributed by atoms with E-state index in [1.165, 1.54) is 40.5 Å². The fraction of sp³-hybridized carbons (Fsp3) is 0.559. The molecule has 3 aromatic rings. The van der Waals surface area contributed by atoms with Gasteiger partial charge < -0.3 is 10.6 Å². The molecule has 0 bridgehead atoms. The van der Waals surface area contributed by atoms with Gasteiger partial charge in [0, 0.05) is 30.1 Å². The minimum absolute atomic E-state index is 0.474. The van der Waals surface area contributed by atoms with Crippen LogP contribution >= 0.6 is 12.8 Å². The van der Waals surface area contributed by atoms with Gasteiger partial charge in [0.15, 0.2) is 0 Å². The molecule has 2 N–H and O–H groups in total. The van der Waals surface area contributed by atoms with Crippen LogP contribution in [0.4, 0.5) is 0 Å². The molecular formula is C34H56N4S. The van der Waals surface area contributed by atoms with Gasteiger partial charge in [-0.15, -0.1) is 0 Å². The summed E-state index contributed by atoms with van der Waals surface area (Å²) in [6.45, 7) is 18.6. The van der Waals surface area contributed by atoms with Crippen molar-refractivity contribution in [2.24, 2.45) is 0 Å². The number of aromatic nitrogens is 1. The molecule has 0 saturated carbocycles. The van der Waals surface area contributed by atoms with Crippen LogP contribution in [0.25, 0.3) is 22.2 Å². The summed E-state index contributed by atoms with van der Waals surface area (Å²) in [5.74, 6) is 0. The number of rotatable bonds is 9. The zero-order chi connectivity index (χ0) is 29.0. The third-order valence-electron chi connectivity index (χ3n) is 6.30. The summed E-state index contributed by atoms with van der Waals surface area (Å²) in [6.07, 6.45) is 6.92. The molecule has 0 radical (unpaired) electrons. The fourth-order valence-electron chi connectivity index (χ4n) is 4.35. The summed E-state index contributed by atoms with van der Waals surface area (Å²) in [5.41, 5.74) is 7.30. The van der Waals surface area contributed by atoms with Crippen LogP contribution in [-0.2, 0) is 19.4 Å². The van der Waals surface area contributed by atoms with Gasteiger partial charge in [-0.3, -0.25) is 0 Å². The summed E-state index contributed by atoms with van der Waals surface area (Å²) in [4.78, 5) is 5.06. The van der Waals surface area contributed by atoms with Crippen LogP contribution in [0, 0.1) is 0 Å². The van der Waals surface area contributed by atoms with Crippen LogP contribution in [0.3, 0.4) is 0 Å². The van der Waals surface area contributed by atoms with Gasteiger partial charge in [-0.2, -0.15) is 0 Å². The van der Waals surface area contributed by atoms with Crippen LogP contribution in [-0.4, -0.2) is 42.0 Å². The summed E-state index contributed by atoms with van der Waals surface area (Å²) in [6, 6.07) is 18.4. The first-order valence-electron chi connectivity index (χ1n) is 15.3. The van der Waals surface area contributed by atoms with Crippen LogP contribution < -0.4 is 10.6 Å². The number of nitrogens with one attached hydrogen (secondary N) is 2. The Kier molecular flexibility index (Phi) is 18.8. The van der Waals surface area contributed by atoms with Crippen molar-refractivity contribution in [2.75, 3.05) is 26.7 Å². The quantitative estimate of drug-likeness (QED) is 0.184. The first kappa shape index (κ1) is 35.1. The van der Waals surface area contributed by atoms with E-state index >= 15 is 0 Å². The highest BCUT2D eigenvalue weighted by Crippen LogP contribution is 2.28. The molecule has 1 aliphatic rings. The van der Waals surface area contributed by atoms with Crippen molar-refractivity contribution in [3.8, 4) is 11.3 Å². The Bertz CT molecular complexity index is 1030. The van der Waals surface area contributed by atoms with Crippen LogP contribution in [0.1, 0.15) is 90.8 Å². The molecule has 0 spiro atoms. The smallest absolute Gasteiger partial charge is 0.0715 e. The Morgan fingerprint density at radius 3 is 2.15 bits per heavy atom. The number of pyridine rings is 1. The molecule has 2 aromatic carbocycles. The zero-order valence-electron chi connectivity index (χ0n) is 26.1. The lowest BCUT2D eigenvalue weighted by molar-refractivity contribution is 0.372. The van der Waals surface area contributed by atoms with Crippen molar-refractivity contribution in [2.45, 2.75) is 99.6 Å². The van der Waals surface area contributed by atoms with Gasteiger partial charge in [0.25, 0.3) is 0 Å². The Morgan fingerprint density at radius 1 is 0.949 bits per heavy atom. The summed E-state index contributed by atoms with van der Waals surface area (Å²) < 4.78 is 2.19. The molecule has 4 rings (SSSR count). The second-order valence-electron chi connectivity index (χ2n) is 9.93. The van der Waals surface area contributed by atoms with Gasteiger partial charge in [-0.25, -0.2) is 9.29 Å². The molecule has 1 atom stereocenters. The minimum atomic E-state index is 0.474. The number of fused-ring (bicyclic) bond motifs is 1. The van der Waals surface area contributed by atoms with Crippen molar-refractivity contribution >= 4 is 23.7 Å². The molecule has 0 aliphatic carbocycles. The largest absolute Gasteiger partial charge is 0.320 e. The van der Waals surface area contributed by atoms with E-state index in [4.69, 9.17) is 17.8 Å². The molecule has 2 heterocycles. The predicted molar refractivity (Wildman–Crippen MR) is 178 cm³/mol. The molecule has 0 amide bonds. The van der Waals surface area contributed by atoms with Gasteiger partial charge in [0.2, 0.25) is 0 Å². The molecule has 218 valence electrons. The molecule has 1 saturated heterocycles. The van der Waals surface area contributed by atoms with Crippen molar-refractivity contribution < 1.29 is 0 Å². The number of nitrogens with zero attached hydrogens (tertiary/aromatic N) is 2. The van der Waals surface area contributed by atoms with Crippen LogP contribution in [0.15, 0.2) is 48.5 Å². The fourth-order valence-corrected chi connectivity index (χ4v) is 4.70. The number of thiol groups is 1. The molecule has 1 fully saturated rings. The Labute approximate surface area is 245 Å². The van der Waals surface area contributed by atoms with Crippen LogP contribution in [0.5, 0.6) is 0 Å². The number of aryl methyl sites for hydroxylation is 2. The average molecular weight is 553 g/mol. The highest BCUT2D eigenvalue weighted by molar-refractivity contribution is 7.77. The molecule has 4 nitrogen and oxygen atoms in total. The standard InChI is InChI=1S/C26H34N4S.2C3H8.C2H6/c1-3-19-8-11-24-22(18-30(31)23-12-14-28-17-23)16-25(29-26(24)15-19)21-9-6-20(7-10-21)5-4-13-27-2;2*1-3-2;1-2/h6-11,15-16,23,27-28,31H,3-5,12-14,17-18H2,1-2H3;2*3H2,1-2H3;1-2H3. The van der Waals surface area contributed by atoms with E-state index in [-0.39, 0.29) is 0 Å². The van der Waals surface area contributed by atoms with E-state index in [9.17, 15) is 0 Å². The second kappa shape index (κ2) is 20.9. The van der Waals surface area contributed by atoms with Crippen molar-refractivity contribution in [3.63, 3.8) is 0 Å². The SMILES string of the molecule is CC.CCC.CCC.CCc1ccc2c(CN(S)C3CCNC3)cc(-c3ccc(CCCNC)cc3)nc2c1. The monoisotopic (exact) mass is 552 g/mol. The first-order valence-corrected chi connectivity index (χ1v) is 15.7. The van der Waals surface area contributed by atoms with E-state index in [0.29, 0.717) is 6.04 Å². The highest BCUT2D eigenvalue weighted by atomic mass is 32.1. The van der Waals surface area contributed by atoms with Crippen LogP contribution in [0.2, 0.25) is 0 Å². The molecule has 39 heavy (non-hydrogen) atoms. The van der Waals surface area contributed by atoms with E-state index in [1.54, 1.807) is 0 Å².